The molecule has 0 amide bonds. The van der Waals surface area contributed by atoms with Gasteiger partial charge in [-0.05, 0) is 6.07 Å². The van der Waals surface area contributed by atoms with Crippen molar-refractivity contribution < 1.29 is 21.9 Å². The fourth-order valence-corrected chi connectivity index (χ4v) is 1.66. The minimum absolute atomic E-state index is 0.0533. The molecule has 6 heteroatoms. The van der Waals surface area contributed by atoms with Crippen molar-refractivity contribution in [3.05, 3.63) is 29.8 Å². The first-order chi connectivity index (χ1) is 6.08. The number of aromatic hydroxyl groups is 1. The number of phenolic OH excluding ortho intramolecular Hbond substituents is 1. The molecule has 1 aromatic rings. The fourth-order valence-electron chi connectivity index (χ4n) is 1.01. The van der Waals surface area contributed by atoms with Gasteiger partial charge in [-0.15, -0.1) is 0 Å². The van der Waals surface area contributed by atoms with Gasteiger partial charge >= 0.3 is 10.4 Å². The van der Waals surface area contributed by atoms with Crippen LogP contribution in [-0.4, -0.2) is 13.5 Å². The van der Waals surface area contributed by atoms with E-state index in [0.717, 1.165) is 0 Å². The van der Waals surface area contributed by atoms with Gasteiger partial charge in [-0.1, -0.05) is 18.2 Å². The van der Waals surface area contributed by atoms with E-state index in [2.05, 4.69) is 8.37 Å². The van der Waals surface area contributed by atoms with E-state index >= 15 is 0 Å². The third kappa shape index (κ3) is 1.51. The highest BCUT2D eigenvalue weighted by atomic mass is 32.3. The largest absolute Gasteiger partial charge is 0.507 e. The lowest BCUT2D eigenvalue weighted by molar-refractivity contribution is -0.0832. The first-order valence-electron chi connectivity index (χ1n) is 3.48. The third-order valence-corrected chi connectivity index (χ3v) is 2.42. The summed E-state index contributed by atoms with van der Waals surface area (Å²) in [4.78, 5) is 0. The summed E-state index contributed by atoms with van der Waals surface area (Å²) in [6.45, 7) is 0. The average molecular weight is 202 g/mol. The Labute approximate surface area is 74.9 Å². The van der Waals surface area contributed by atoms with Gasteiger partial charge in [0.2, 0.25) is 6.29 Å². The normalized spacial score (nSPS) is 20.9. The van der Waals surface area contributed by atoms with Crippen LogP contribution in [0, 0.1) is 0 Å². The number of rotatable bonds is 1. The monoisotopic (exact) mass is 202 g/mol. The summed E-state index contributed by atoms with van der Waals surface area (Å²) in [7, 11) is -3.81. The van der Waals surface area contributed by atoms with E-state index in [1.807, 2.05) is 0 Å². The standard InChI is InChI=1S/C7H6O5S/c8-6-4-2-1-3-5(6)7-11-13(9,10)12-7/h1-4,7-8H. The van der Waals surface area contributed by atoms with Crippen molar-refractivity contribution in [1.29, 1.82) is 0 Å². The Morgan fingerprint density at radius 3 is 2.38 bits per heavy atom. The molecular weight excluding hydrogens is 196 g/mol. The lowest BCUT2D eigenvalue weighted by atomic mass is 10.2. The smallest absolute Gasteiger partial charge is 0.405 e. The van der Waals surface area contributed by atoms with Gasteiger partial charge in [-0.2, -0.15) is 8.42 Å². The molecule has 0 atom stereocenters. The van der Waals surface area contributed by atoms with Gasteiger partial charge in [0, 0.05) is 0 Å². The molecule has 0 spiro atoms. The maximum Gasteiger partial charge on any atom is 0.405 e. The molecule has 1 N–H and O–H groups in total. The molecule has 1 aliphatic heterocycles. The number of benzene rings is 1. The lowest BCUT2D eigenvalue weighted by Crippen LogP contribution is -2.28. The van der Waals surface area contributed by atoms with Gasteiger partial charge in [0.05, 0.1) is 5.56 Å². The molecule has 1 saturated heterocycles. The molecular formula is C7H6O5S. The van der Waals surface area contributed by atoms with Crippen molar-refractivity contribution in [2.45, 2.75) is 6.29 Å². The zero-order valence-electron chi connectivity index (χ0n) is 6.38. The molecule has 2 rings (SSSR count). The van der Waals surface area contributed by atoms with Gasteiger partial charge < -0.3 is 5.11 Å². The Balaban J connectivity index is 2.25. The number of phenols is 1. The first-order valence-corrected chi connectivity index (χ1v) is 4.81. The van der Waals surface area contributed by atoms with E-state index in [9.17, 15) is 13.5 Å². The molecule has 0 saturated carbocycles. The predicted molar refractivity (Wildman–Crippen MR) is 41.9 cm³/mol. The summed E-state index contributed by atoms with van der Waals surface area (Å²) in [6.07, 6.45) is -1.01. The molecule has 1 fully saturated rings. The molecule has 13 heavy (non-hydrogen) atoms. The highest BCUT2D eigenvalue weighted by Gasteiger charge is 2.38. The van der Waals surface area contributed by atoms with Crippen molar-refractivity contribution in [3.63, 3.8) is 0 Å². The van der Waals surface area contributed by atoms with Gasteiger partial charge in [-0.25, -0.2) is 8.37 Å². The summed E-state index contributed by atoms with van der Waals surface area (Å²) in [5, 5.41) is 9.26. The van der Waals surface area contributed by atoms with Crippen LogP contribution in [0.4, 0.5) is 0 Å². The maximum absolute atomic E-state index is 10.5. The van der Waals surface area contributed by atoms with Gasteiger partial charge in [0.1, 0.15) is 5.75 Å². The van der Waals surface area contributed by atoms with Crippen LogP contribution in [-0.2, 0) is 18.8 Å². The summed E-state index contributed by atoms with van der Waals surface area (Å²) < 4.78 is 29.7. The second kappa shape index (κ2) is 2.69. The highest BCUT2D eigenvalue weighted by Crippen LogP contribution is 2.37. The molecule has 0 aromatic heterocycles. The molecule has 0 radical (unpaired) electrons. The number of para-hydroxylation sites is 1. The van der Waals surface area contributed by atoms with Crippen molar-refractivity contribution >= 4 is 10.4 Å². The molecule has 0 aliphatic carbocycles. The summed E-state index contributed by atoms with van der Waals surface area (Å²) in [5.74, 6) is -0.0533. The second-order valence-electron chi connectivity index (χ2n) is 2.49. The van der Waals surface area contributed by atoms with Crippen molar-refractivity contribution in [2.24, 2.45) is 0 Å². The van der Waals surface area contributed by atoms with E-state index in [0.29, 0.717) is 5.56 Å². The third-order valence-electron chi connectivity index (χ3n) is 1.60. The molecule has 0 bridgehead atoms. The minimum atomic E-state index is -3.81. The van der Waals surface area contributed by atoms with E-state index in [4.69, 9.17) is 0 Å². The Kier molecular flexibility index (Phi) is 1.76. The van der Waals surface area contributed by atoms with Crippen LogP contribution in [0.1, 0.15) is 11.9 Å². The first kappa shape index (κ1) is 8.49. The number of hydrogen-bond acceptors (Lipinski definition) is 5. The second-order valence-corrected chi connectivity index (χ2v) is 3.69. The topological polar surface area (TPSA) is 72.8 Å². The Bertz CT molecular complexity index is 412. The van der Waals surface area contributed by atoms with Crippen LogP contribution >= 0.6 is 0 Å². The van der Waals surface area contributed by atoms with Crippen LogP contribution in [0.15, 0.2) is 24.3 Å². The van der Waals surface area contributed by atoms with Crippen LogP contribution < -0.4 is 0 Å². The predicted octanol–water partition coefficient (Wildman–Crippen LogP) is 0.682. The van der Waals surface area contributed by atoms with Gasteiger partial charge in [0.15, 0.2) is 0 Å². The zero-order valence-corrected chi connectivity index (χ0v) is 7.19. The van der Waals surface area contributed by atoms with Crippen LogP contribution in [0.3, 0.4) is 0 Å². The van der Waals surface area contributed by atoms with Crippen molar-refractivity contribution in [2.75, 3.05) is 0 Å². The van der Waals surface area contributed by atoms with E-state index in [1.54, 1.807) is 12.1 Å². The molecule has 70 valence electrons. The quantitative estimate of drug-likeness (QED) is 0.725. The van der Waals surface area contributed by atoms with E-state index < -0.39 is 16.7 Å². The lowest BCUT2D eigenvalue weighted by Gasteiger charge is -2.25. The van der Waals surface area contributed by atoms with Crippen LogP contribution in [0.2, 0.25) is 0 Å². The minimum Gasteiger partial charge on any atom is -0.507 e. The Morgan fingerprint density at radius 2 is 1.85 bits per heavy atom. The van der Waals surface area contributed by atoms with Gasteiger partial charge in [-0.3, -0.25) is 0 Å². The number of hydrogen-bond donors (Lipinski definition) is 1. The van der Waals surface area contributed by atoms with E-state index in [1.165, 1.54) is 12.1 Å². The molecule has 5 nitrogen and oxygen atoms in total. The Morgan fingerprint density at radius 1 is 1.23 bits per heavy atom. The molecule has 1 aromatic carbocycles. The summed E-state index contributed by atoms with van der Waals surface area (Å²) in [5.41, 5.74) is 0.303. The van der Waals surface area contributed by atoms with E-state index in [-0.39, 0.29) is 5.75 Å². The maximum atomic E-state index is 10.5. The average Bonchev–Trinajstić information content (AvgIpc) is 2.01. The van der Waals surface area contributed by atoms with Crippen LogP contribution in [0.25, 0.3) is 0 Å². The summed E-state index contributed by atoms with van der Waals surface area (Å²) >= 11 is 0. The molecule has 1 aliphatic rings. The van der Waals surface area contributed by atoms with Crippen molar-refractivity contribution in [1.82, 2.24) is 0 Å². The molecule has 1 heterocycles. The Hall–Kier alpha value is -1.11. The fraction of sp³-hybridized carbons (Fsp3) is 0.143. The zero-order chi connectivity index (χ0) is 9.47. The van der Waals surface area contributed by atoms with Crippen molar-refractivity contribution in [3.8, 4) is 5.75 Å². The molecule has 0 unspecified atom stereocenters. The highest BCUT2D eigenvalue weighted by molar-refractivity contribution is 7.82. The summed E-state index contributed by atoms with van der Waals surface area (Å²) in [6, 6.07) is 6.21. The van der Waals surface area contributed by atoms with Gasteiger partial charge in [0.25, 0.3) is 0 Å². The van der Waals surface area contributed by atoms with Crippen LogP contribution in [0.5, 0.6) is 5.75 Å². The SMILES string of the molecule is O=S1(=O)OC(c2ccccc2O)O1.